The third-order valence-corrected chi connectivity index (χ3v) is 2.36. The Morgan fingerprint density at radius 3 is 2.94 bits per heavy atom. The predicted octanol–water partition coefficient (Wildman–Crippen LogP) is 1.41. The summed E-state index contributed by atoms with van der Waals surface area (Å²) < 4.78 is 5.45. The van der Waals surface area contributed by atoms with Gasteiger partial charge in [-0.1, -0.05) is 6.07 Å². The van der Waals surface area contributed by atoms with Crippen LogP contribution in [-0.4, -0.2) is 24.0 Å². The third kappa shape index (κ3) is 3.28. The monoisotopic (exact) mass is 245 g/mol. The van der Waals surface area contributed by atoms with Crippen LogP contribution in [0, 0.1) is 0 Å². The second-order valence-corrected chi connectivity index (χ2v) is 3.76. The second kappa shape index (κ2) is 5.77. The van der Waals surface area contributed by atoms with E-state index in [0.29, 0.717) is 30.3 Å². The summed E-state index contributed by atoms with van der Waals surface area (Å²) in [5, 5.41) is 2.74. The number of hydrogen-bond acceptors (Lipinski definition) is 3. The zero-order valence-electron chi connectivity index (χ0n) is 9.85. The Kier molecular flexibility index (Phi) is 3.86. The van der Waals surface area contributed by atoms with Crippen molar-refractivity contribution < 1.29 is 9.53 Å². The lowest BCUT2D eigenvalue weighted by Gasteiger charge is -2.07. The summed E-state index contributed by atoms with van der Waals surface area (Å²) >= 11 is 0. The first-order valence-corrected chi connectivity index (χ1v) is 5.65. The molecule has 1 amide bonds. The van der Waals surface area contributed by atoms with E-state index in [2.05, 4.69) is 10.3 Å². The fraction of sp³-hybridized carbons (Fsp3) is 0.154. The number of nitrogen functional groups attached to an aromatic ring is 1. The quantitative estimate of drug-likeness (QED) is 0.550. The fourth-order valence-corrected chi connectivity index (χ4v) is 1.50. The highest BCUT2D eigenvalue weighted by atomic mass is 16.5. The smallest absolute Gasteiger partial charge is 0.267 e. The third-order valence-electron chi connectivity index (χ3n) is 2.36. The molecule has 0 radical (unpaired) electrons. The molecule has 4 N–H and O–H groups in total. The molecule has 0 bridgehead atoms. The molecule has 0 aliphatic heterocycles. The highest BCUT2D eigenvalue weighted by Gasteiger charge is 2.04. The first-order valence-electron chi connectivity index (χ1n) is 5.65. The number of ether oxygens (including phenoxy) is 1. The SMILES string of the molecule is Nc1cccc(OCCNC(=O)c2ccc[nH]2)c1. The van der Waals surface area contributed by atoms with Crippen molar-refractivity contribution in [3.8, 4) is 5.75 Å². The highest BCUT2D eigenvalue weighted by Crippen LogP contribution is 2.13. The van der Waals surface area contributed by atoms with Crippen molar-refractivity contribution >= 4 is 11.6 Å². The molecule has 0 spiro atoms. The molecule has 0 fully saturated rings. The van der Waals surface area contributed by atoms with Gasteiger partial charge in [-0.2, -0.15) is 0 Å². The van der Waals surface area contributed by atoms with Gasteiger partial charge in [0.25, 0.3) is 5.91 Å². The van der Waals surface area contributed by atoms with E-state index in [1.165, 1.54) is 0 Å². The number of benzene rings is 1. The summed E-state index contributed by atoms with van der Waals surface area (Å²) in [5.74, 6) is 0.556. The number of H-pyrrole nitrogens is 1. The van der Waals surface area contributed by atoms with Crippen LogP contribution in [0.5, 0.6) is 5.75 Å². The minimum Gasteiger partial charge on any atom is -0.492 e. The average molecular weight is 245 g/mol. The predicted molar refractivity (Wildman–Crippen MR) is 69.5 cm³/mol. The van der Waals surface area contributed by atoms with E-state index >= 15 is 0 Å². The molecule has 0 saturated carbocycles. The van der Waals surface area contributed by atoms with Crippen molar-refractivity contribution in [1.82, 2.24) is 10.3 Å². The van der Waals surface area contributed by atoms with E-state index in [9.17, 15) is 4.79 Å². The van der Waals surface area contributed by atoms with Crippen LogP contribution in [0.1, 0.15) is 10.5 Å². The Bertz CT molecular complexity index is 509. The fourth-order valence-electron chi connectivity index (χ4n) is 1.50. The molecule has 0 aliphatic carbocycles. The molecule has 0 atom stereocenters. The number of amides is 1. The van der Waals surface area contributed by atoms with Crippen LogP contribution in [0.2, 0.25) is 0 Å². The number of nitrogens with two attached hydrogens (primary N) is 1. The number of carbonyl (C=O) groups is 1. The number of anilines is 1. The van der Waals surface area contributed by atoms with E-state index < -0.39 is 0 Å². The molecule has 5 heteroatoms. The molecule has 2 rings (SSSR count). The lowest BCUT2D eigenvalue weighted by Crippen LogP contribution is -2.28. The minimum atomic E-state index is -0.142. The van der Waals surface area contributed by atoms with E-state index in [0.717, 1.165) is 0 Å². The summed E-state index contributed by atoms with van der Waals surface area (Å²) in [7, 11) is 0. The van der Waals surface area contributed by atoms with Crippen LogP contribution < -0.4 is 15.8 Å². The standard InChI is InChI=1S/C13H15N3O2/c14-10-3-1-4-11(9-10)18-8-7-16-13(17)12-5-2-6-15-12/h1-6,9,15H,7-8,14H2,(H,16,17). The van der Waals surface area contributed by atoms with Crippen molar-refractivity contribution in [3.63, 3.8) is 0 Å². The van der Waals surface area contributed by atoms with Crippen LogP contribution in [0.4, 0.5) is 5.69 Å². The van der Waals surface area contributed by atoms with E-state index in [4.69, 9.17) is 10.5 Å². The zero-order valence-corrected chi connectivity index (χ0v) is 9.85. The van der Waals surface area contributed by atoms with Crippen molar-refractivity contribution in [2.45, 2.75) is 0 Å². The van der Waals surface area contributed by atoms with Crippen LogP contribution in [0.15, 0.2) is 42.6 Å². The first kappa shape index (κ1) is 12.0. The Morgan fingerprint density at radius 1 is 1.33 bits per heavy atom. The van der Waals surface area contributed by atoms with Gasteiger partial charge < -0.3 is 20.8 Å². The maximum atomic E-state index is 11.6. The van der Waals surface area contributed by atoms with E-state index in [1.54, 1.807) is 30.5 Å². The topological polar surface area (TPSA) is 80.1 Å². The number of carbonyl (C=O) groups excluding carboxylic acids is 1. The number of rotatable bonds is 5. The Balaban J connectivity index is 1.72. The normalized spacial score (nSPS) is 10.0. The van der Waals surface area contributed by atoms with Gasteiger partial charge >= 0.3 is 0 Å². The minimum absolute atomic E-state index is 0.142. The zero-order chi connectivity index (χ0) is 12.8. The summed E-state index contributed by atoms with van der Waals surface area (Å²) in [6.45, 7) is 0.836. The molecular weight excluding hydrogens is 230 g/mol. The van der Waals surface area contributed by atoms with Crippen molar-refractivity contribution in [3.05, 3.63) is 48.3 Å². The van der Waals surface area contributed by atoms with Crippen LogP contribution in [-0.2, 0) is 0 Å². The average Bonchev–Trinajstić information content (AvgIpc) is 2.88. The van der Waals surface area contributed by atoms with E-state index in [1.807, 2.05) is 12.1 Å². The van der Waals surface area contributed by atoms with Gasteiger partial charge in [-0.05, 0) is 24.3 Å². The highest BCUT2D eigenvalue weighted by molar-refractivity contribution is 5.92. The van der Waals surface area contributed by atoms with Gasteiger partial charge in [-0.15, -0.1) is 0 Å². The summed E-state index contributed by atoms with van der Waals surface area (Å²) in [6, 6.07) is 10.7. The Hall–Kier alpha value is -2.43. The van der Waals surface area contributed by atoms with Gasteiger partial charge in [0.15, 0.2) is 0 Å². The van der Waals surface area contributed by atoms with E-state index in [-0.39, 0.29) is 5.91 Å². The molecule has 0 aliphatic rings. The maximum absolute atomic E-state index is 11.6. The molecule has 2 aromatic rings. The maximum Gasteiger partial charge on any atom is 0.267 e. The molecule has 1 heterocycles. The largest absolute Gasteiger partial charge is 0.492 e. The molecule has 0 unspecified atom stereocenters. The number of aromatic amines is 1. The van der Waals surface area contributed by atoms with Crippen LogP contribution in [0.25, 0.3) is 0 Å². The number of nitrogens with one attached hydrogen (secondary N) is 2. The van der Waals surface area contributed by atoms with Gasteiger partial charge in [0.2, 0.25) is 0 Å². The lowest BCUT2D eigenvalue weighted by atomic mass is 10.3. The first-order chi connectivity index (χ1) is 8.75. The second-order valence-electron chi connectivity index (χ2n) is 3.76. The van der Waals surface area contributed by atoms with Gasteiger partial charge in [0.1, 0.15) is 18.1 Å². The summed E-state index contributed by atoms with van der Waals surface area (Å²) in [6.07, 6.45) is 1.71. The lowest BCUT2D eigenvalue weighted by molar-refractivity contribution is 0.0942. The number of aromatic nitrogens is 1. The Labute approximate surface area is 105 Å². The van der Waals surface area contributed by atoms with Crippen molar-refractivity contribution in [2.75, 3.05) is 18.9 Å². The van der Waals surface area contributed by atoms with Gasteiger partial charge in [-0.3, -0.25) is 4.79 Å². The van der Waals surface area contributed by atoms with Crippen LogP contribution in [0.3, 0.4) is 0 Å². The van der Waals surface area contributed by atoms with Crippen LogP contribution >= 0.6 is 0 Å². The van der Waals surface area contributed by atoms with Gasteiger partial charge in [0.05, 0.1) is 6.54 Å². The van der Waals surface area contributed by atoms with Crippen molar-refractivity contribution in [1.29, 1.82) is 0 Å². The number of hydrogen-bond donors (Lipinski definition) is 3. The molecule has 1 aromatic heterocycles. The Morgan fingerprint density at radius 2 is 2.22 bits per heavy atom. The molecule has 0 saturated heterocycles. The van der Waals surface area contributed by atoms with Gasteiger partial charge in [-0.25, -0.2) is 0 Å². The summed E-state index contributed by atoms with van der Waals surface area (Å²) in [4.78, 5) is 14.4. The van der Waals surface area contributed by atoms with Crippen molar-refractivity contribution in [2.24, 2.45) is 0 Å². The van der Waals surface area contributed by atoms with Gasteiger partial charge in [0, 0.05) is 18.0 Å². The molecule has 1 aromatic carbocycles. The molecule has 5 nitrogen and oxygen atoms in total. The summed E-state index contributed by atoms with van der Waals surface area (Å²) in [5.41, 5.74) is 6.82. The molecule has 18 heavy (non-hydrogen) atoms. The molecular formula is C13H15N3O2. The molecule has 94 valence electrons.